The lowest BCUT2D eigenvalue weighted by atomic mass is 10.0. The summed E-state index contributed by atoms with van der Waals surface area (Å²) in [4.78, 5) is 15.1. The lowest BCUT2D eigenvalue weighted by Gasteiger charge is -2.08. The van der Waals surface area contributed by atoms with Crippen LogP contribution < -0.4 is 0 Å². The summed E-state index contributed by atoms with van der Waals surface area (Å²) in [6.45, 7) is 1.95. The first-order chi connectivity index (χ1) is 5.75. The zero-order valence-electron chi connectivity index (χ0n) is 6.90. The monoisotopic (exact) mass is 181 g/mol. The predicted molar refractivity (Wildman–Crippen MR) is 51.3 cm³/mol. The summed E-state index contributed by atoms with van der Waals surface area (Å²) >= 11 is 3.81. The number of hydrogen-bond donors (Lipinski definition) is 1. The van der Waals surface area contributed by atoms with Gasteiger partial charge < -0.3 is 0 Å². The third kappa shape index (κ3) is 2.08. The quantitative estimate of drug-likeness (QED) is 0.723. The van der Waals surface area contributed by atoms with E-state index < -0.39 is 0 Å². The SMILES string of the molecule is CCC(C(=O)S)c1ccccn1. The van der Waals surface area contributed by atoms with Gasteiger partial charge in [0.05, 0.1) is 11.6 Å². The van der Waals surface area contributed by atoms with Crippen molar-refractivity contribution < 1.29 is 4.79 Å². The maximum Gasteiger partial charge on any atom is 0.194 e. The average Bonchev–Trinajstić information content (AvgIpc) is 2.07. The molecule has 0 fully saturated rings. The highest BCUT2D eigenvalue weighted by Crippen LogP contribution is 2.18. The summed E-state index contributed by atoms with van der Waals surface area (Å²) < 4.78 is 0. The van der Waals surface area contributed by atoms with Gasteiger partial charge in [0, 0.05) is 6.20 Å². The van der Waals surface area contributed by atoms with Crippen molar-refractivity contribution in [3.05, 3.63) is 30.1 Å². The number of carbonyl (C=O) groups is 1. The molecule has 0 aromatic carbocycles. The molecule has 0 saturated carbocycles. The van der Waals surface area contributed by atoms with Crippen LogP contribution in [0.1, 0.15) is 25.0 Å². The molecule has 1 aromatic rings. The lowest BCUT2D eigenvalue weighted by molar-refractivity contribution is -0.112. The summed E-state index contributed by atoms with van der Waals surface area (Å²) in [7, 11) is 0. The summed E-state index contributed by atoms with van der Waals surface area (Å²) in [6.07, 6.45) is 2.44. The minimum atomic E-state index is -0.158. The second-order valence-corrected chi connectivity index (χ2v) is 2.99. The molecular weight excluding hydrogens is 170 g/mol. The fourth-order valence-corrected chi connectivity index (χ4v) is 1.41. The van der Waals surface area contributed by atoms with E-state index in [1.807, 2.05) is 25.1 Å². The van der Waals surface area contributed by atoms with Crippen molar-refractivity contribution in [2.75, 3.05) is 0 Å². The van der Waals surface area contributed by atoms with Crippen LogP contribution in [0.25, 0.3) is 0 Å². The topological polar surface area (TPSA) is 30.0 Å². The first-order valence-corrected chi connectivity index (χ1v) is 4.34. The molecule has 0 amide bonds. The second kappa shape index (κ2) is 4.26. The van der Waals surface area contributed by atoms with E-state index in [0.717, 1.165) is 12.1 Å². The van der Waals surface area contributed by atoms with E-state index in [-0.39, 0.29) is 11.0 Å². The number of rotatable bonds is 3. The summed E-state index contributed by atoms with van der Waals surface area (Å²) in [5.74, 6) is -0.158. The molecule has 0 radical (unpaired) electrons. The van der Waals surface area contributed by atoms with Crippen molar-refractivity contribution in [1.29, 1.82) is 0 Å². The first kappa shape index (κ1) is 9.26. The van der Waals surface area contributed by atoms with Crippen LogP contribution in [0.2, 0.25) is 0 Å². The van der Waals surface area contributed by atoms with Crippen LogP contribution in [0.15, 0.2) is 24.4 Å². The molecule has 0 spiro atoms. The maximum absolute atomic E-state index is 11.0. The molecule has 0 aliphatic heterocycles. The smallest absolute Gasteiger partial charge is 0.194 e. The maximum atomic E-state index is 11.0. The Morgan fingerprint density at radius 1 is 1.67 bits per heavy atom. The molecule has 1 aromatic heterocycles. The van der Waals surface area contributed by atoms with Gasteiger partial charge in [-0.3, -0.25) is 9.78 Å². The van der Waals surface area contributed by atoms with Gasteiger partial charge in [0.15, 0.2) is 5.12 Å². The van der Waals surface area contributed by atoms with Gasteiger partial charge in [0.25, 0.3) is 0 Å². The third-order valence-electron chi connectivity index (χ3n) is 1.75. The van der Waals surface area contributed by atoms with Gasteiger partial charge >= 0.3 is 0 Å². The van der Waals surface area contributed by atoms with Gasteiger partial charge in [-0.05, 0) is 18.6 Å². The van der Waals surface area contributed by atoms with Crippen LogP contribution in [-0.2, 0) is 4.79 Å². The Hall–Kier alpha value is -0.830. The molecule has 1 unspecified atom stereocenters. The van der Waals surface area contributed by atoms with E-state index in [4.69, 9.17) is 0 Å². The molecule has 1 heterocycles. The largest absolute Gasteiger partial charge is 0.287 e. The van der Waals surface area contributed by atoms with Gasteiger partial charge in [-0.2, -0.15) is 0 Å². The highest BCUT2D eigenvalue weighted by molar-refractivity contribution is 7.96. The van der Waals surface area contributed by atoms with E-state index in [1.54, 1.807) is 6.20 Å². The molecule has 0 saturated heterocycles. The molecule has 0 bridgehead atoms. The molecule has 1 atom stereocenters. The van der Waals surface area contributed by atoms with Crippen LogP contribution in [0.4, 0.5) is 0 Å². The molecule has 12 heavy (non-hydrogen) atoms. The van der Waals surface area contributed by atoms with E-state index in [2.05, 4.69) is 17.6 Å². The second-order valence-electron chi connectivity index (χ2n) is 2.55. The summed E-state index contributed by atoms with van der Waals surface area (Å²) in [6, 6.07) is 5.56. The Balaban J connectivity index is 2.88. The number of pyridine rings is 1. The standard InChI is InChI=1S/C9H11NOS/c1-2-7(9(11)12)8-5-3-4-6-10-8/h3-7H,2H2,1H3,(H,11,12). The number of thiol groups is 1. The van der Waals surface area contributed by atoms with Crippen LogP contribution in [0.3, 0.4) is 0 Å². The normalized spacial score (nSPS) is 12.5. The summed E-state index contributed by atoms with van der Waals surface area (Å²) in [5.41, 5.74) is 0.806. The number of carbonyl (C=O) groups excluding carboxylic acids is 1. The Bertz CT molecular complexity index is 260. The zero-order valence-corrected chi connectivity index (χ0v) is 7.79. The van der Waals surface area contributed by atoms with Crippen LogP contribution in [-0.4, -0.2) is 10.1 Å². The Morgan fingerprint density at radius 3 is 2.83 bits per heavy atom. The fraction of sp³-hybridized carbons (Fsp3) is 0.333. The van der Waals surface area contributed by atoms with Crippen molar-refractivity contribution in [1.82, 2.24) is 4.98 Å². The lowest BCUT2D eigenvalue weighted by Crippen LogP contribution is -2.06. The minimum absolute atomic E-state index is 0.115. The van der Waals surface area contributed by atoms with Gasteiger partial charge in [-0.1, -0.05) is 13.0 Å². The predicted octanol–water partition coefficient (Wildman–Crippen LogP) is 2.03. The number of aromatic nitrogens is 1. The number of nitrogens with zero attached hydrogens (tertiary/aromatic N) is 1. The average molecular weight is 181 g/mol. The van der Waals surface area contributed by atoms with Gasteiger partial charge in [0.1, 0.15) is 0 Å². The van der Waals surface area contributed by atoms with E-state index >= 15 is 0 Å². The molecule has 1 rings (SSSR count). The molecule has 0 aliphatic carbocycles. The van der Waals surface area contributed by atoms with Crippen molar-refractivity contribution in [2.24, 2.45) is 0 Å². The van der Waals surface area contributed by atoms with Gasteiger partial charge in [-0.25, -0.2) is 0 Å². The van der Waals surface area contributed by atoms with E-state index in [1.165, 1.54) is 0 Å². The minimum Gasteiger partial charge on any atom is -0.287 e. The van der Waals surface area contributed by atoms with E-state index in [0.29, 0.717) is 0 Å². The van der Waals surface area contributed by atoms with Gasteiger partial charge in [0.2, 0.25) is 0 Å². The van der Waals surface area contributed by atoms with Crippen molar-refractivity contribution >= 4 is 17.7 Å². The Kier molecular flexibility index (Phi) is 3.29. The summed E-state index contributed by atoms with van der Waals surface area (Å²) in [5, 5.41) is -0.115. The molecule has 0 N–H and O–H groups in total. The zero-order chi connectivity index (χ0) is 8.97. The fourth-order valence-electron chi connectivity index (χ4n) is 1.09. The van der Waals surface area contributed by atoms with Crippen LogP contribution >= 0.6 is 12.6 Å². The Labute approximate surface area is 77.4 Å². The highest BCUT2D eigenvalue weighted by atomic mass is 32.1. The van der Waals surface area contributed by atoms with Crippen LogP contribution in [0, 0.1) is 0 Å². The molecule has 0 aliphatic rings. The Morgan fingerprint density at radius 2 is 2.42 bits per heavy atom. The molecule has 2 nitrogen and oxygen atoms in total. The van der Waals surface area contributed by atoms with Crippen LogP contribution in [0.5, 0.6) is 0 Å². The highest BCUT2D eigenvalue weighted by Gasteiger charge is 2.15. The number of hydrogen-bond acceptors (Lipinski definition) is 2. The third-order valence-corrected chi connectivity index (χ3v) is 2.06. The van der Waals surface area contributed by atoms with Crippen molar-refractivity contribution in [2.45, 2.75) is 19.3 Å². The van der Waals surface area contributed by atoms with Crippen molar-refractivity contribution in [3.63, 3.8) is 0 Å². The first-order valence-electron chi connectivity index (χ1n) is 3.89. The molecule has 64 valence electrons. The van der Waals surface area contributed by atoms with Gasteiger partial charge in [-0.15, -0.1) is 12.6 Å². The van der Waals surface area contributed by atoms with E-state index in [9.17, 15) is 4.79 Å². The van der Waals surface area contributed by atoms with Crippen molar-refractivity contribution in [3.8, 4) is 0 Å². The molecular formula is C9H11NOS. The molecule has 3 heteroatoms.